The molecule has 14 heteroatoms. The van der Waals surface area contributed by atoms with Gasteiger partial charge in [-0.25, -0.2) is 25.9 Å². The molecule has 12 nitrogen and oxygen atoms in total. The number of hydrogen-bond donors (Lipinski definition) is 2. The van der Waals surface area contributed by atoms with E-state index in [1.807, 2.05) is 44.4 Å². The number of imidazole rings is 1. The normalized spacial score (nSPS) is 19.5. The third-order valence-corrected chi connectivity index (χ3v) is 8.90. The van der Waals surface area contributed by atoms with Crippen LogP contribution < -0.4 is 20.5 Å². The molecule has 0 bridgehead atoms. The summed E-state index contributed by atoms with van der Waals surface area (Å²) in [4.78, 5) is 26.1. The third kappa shape index (κ3) is 10.8. The SMILES string of the molecule is C=C/C=C\C/C(C)=C(\C)COC(=O)C(C)NP(OCC1CC(C)C(n2cnc3c(N(C)N)ncnc32)O1)Oc1ccc(Cl)cc1.CC. The van der Waals surface area contributed by atoms with Gasteiger partial charge in [-0.1, -0.05) is 62.8 Å². The molecule has 3 heterocycles. The highest BCUT2D eigenvalue weighted by atomic mass is 35.5. The van der Waals surface area contributed by atoms with E-state index in [1.165, 1.54) is 11.3 Å². The van der Waals surface area contributed by atoms with Crippen LogP contribution in [-0.4, -0.2) is 57.9 Å². The summed E-state index contributed by atoms with van der Waals surface area (Å²) in [6, 6.07) is 6.24. The summed E-state index contributed by atoms with van der Waals surface area (Å²) in [5, 5.41) is 5.15. The minimum atomic E-state index is -1.76. The predicted molar refractivity (Wildman–Crippen MR) is 188 cm³/mol. The van der Waals surface area contributed by atoms with Gasteiger partial charge in [0.05, 0.1) is 19.0 Å². The number of hydrazine groups is 1. The fraction of sp³-hybridized carbons (Fsp3) is 0.455. The van der Waals surface area contributed by atoms with Crippen LogP contribution in [0.4, 0.5) is 5.82 Å². The molecule has 1 aromatic carbocycles. The second-order valence-electron chi connectivity index (χ2n) is 11.0. The molecule has 47 heavy (non-hydrogen) atoms. The maximum absolute atomic E-state index is 12.9. The number of ether oxygens (including phenoxy) is 2. The number of fused-ring (bicyclic) bond motifs is 1. The molecule has 1 fully saturated rings. The summed E-state index contributed by atoms with van der Waals surface area (Å²) in [6.45, 7) is 15.9. The lowest BCUT2D eigenvalue weighted by Crippen LogP contribution is -2.34. The zero-order chi connectivity index (χ0) is 34.5. The van der Waals surface area contributed by atoms with Crippen molar-refractivity contribution in [2.24, 2.45) is 11.8 Å². The van der Waals surface area contributed by atoms with Crippen LogP contribution in [-0.2, 0) is 18.8 Å². The highest BCUT2D eigenvalue weighted by Gasteiger charge is 2.36. The molecular formula is C33H47ClN7O5P. The van der Waals surface area contributed by atoms with Crippen molar-refractivity contribution in [3.05, 3.63) is 77.9 Å². The minimum Gasteiger partial charge on any atom is -0.460 e. The molecule has 0 radical (unpaired) electrons. The summed E-state index contributed by atoms with van der Waals surface area (Å²) < 4.78 is 26.2. The fourth-order valence-corrected chi connectivity index (χ4v) is 5.98. The van der Waals surface area contributed by atoms with Gasteiger partial charge in [0.15, 0.2) is 17.0 Å². The van der Waals surface area contributed by atoms with Gasteiger partial charge in [0, 0.05) is 18.0 Å². The Morgan fingerprint density at radius 3 is 2.66 bits per heavy atom. The zero-order valence-electron chi connectivity index (χ0n) is 28.2. The van der Waals surface area contributed by atoms with Crippen LogP contribution in [0, 0.1) is 5.92 Å². The topological polar surface area (TPSA) is 139 Å². The van der Waals surface area contributed by atoms with E-state index < -0.39 is 20.5 Å². The average molecular weight is 688 g/mol. The van der Waals surface area contributed by atoms with Gasteiger partial charge in [0.1, 0.15) is 31.0 Å². The Labute approximate surface area is 283 Å². The van der Waals surface area contributed by atoms with Crippen molar-refractivity contribution in [2.45, 2.75) is 72.8 Å². The van der Waals surface area contributed by atoms with Crippen LogP contribution in [0.5, 0.6) is 5.75 Å². The summed E-state index contributed by atoms with van der Waals surface area (Å²) >= 11 is 6.06. The molecule has 2 aromatic heterocycles. The number of nitrogens with two attached hydrogens (primary N) is 1. The Morgan fingerprint density at radius 1 is 1.26 bits per heavy atom. The van der Waals surface area contributed by atoms with Crippen molar-refractivity contribution in [3.63, 3.8) is 0 Å². The largest absolute Gasteiger partial charge is 0.460 e. The number of rotatable bonds is 15. The Kier molecular flexibility index (Phi) is 15.3. The van der Waals surface area contributed by atoms with Crippen molar-refractivity contribution in [2.75, 3.05) is 25.3 Å². The number of halogens is 1. The van der Waals surface area contributed by atoms with Gasteiger partial charge in [0.25, 0.3) is 0 Å². The third-order valence-electron chi connectivity index (χ3n) is 7.29. The molecule has 0 spiro atoms. The molecule has 0 saturated carbocycles. The lowest BCUT2D eigenvalue weighted by molar-refractivity contribution is -0.144. The van der Waals surface area contributed by atoms with E-state index in [0.29, 0.717) is 27.8 Å². The number of hydrogen-bond acceptors (Lipinski definition) is 11. The first kappa shape index (κ1) is 38.1. The Bertz CT molecular complexity index is 1510. The smallest absolute Gasteiger partial charge is 0.323 e. The maximum atomic E-state index is 12.9. The molecule has 4 rings (SSSR count). The second kappa shape index (κ2) is 18.8. The van der Waals surface area contributed by atoms with Crippen molar-refractivity contribution < 1.29 is 23.3 Å². The highest BCUT2D eigenvalue weighted by molar-refractivity contribution is 7.45. The average Bonchev–Trinajstić information content (AvgIpc) is 3.66. The molecule has 1 saturated heterocycles. The standard InChI is InChI=1S/C31H41ClN7O5P.C2H6/c1-7-8-9-10-20(2)22(4)16-41-31(40)23(5)37-45(44-25-13-11-24(32)12-14-25)42-17-26-15-21(3)30(43-26)39-19-36-27-28(38(6)33)34-18-35-29(27)39;1-2/h7-9,11-14,18-19,21,23,26,30,37H,1,10,15-17,33H2,2-6H3;1-2H3/b9-8-,22-20+;. The predicted octanol–water partition coefficient (Wildman–Crippen LogP) is 7.05. The van der Waals surface area contributed by atoms with Gasteiger partial charge in [-0.05, 0) is 63.5 Å². The van der Waals surface area contributed by atoms with Crippen molar-refractivity contribution in [1.29, 1.82) is 0 Å². The van der Waals surface area contributed by atoms with Gasteiger partial charge in [-0.2, -0.15) is 0 Å². The van der Waals surface area contributed by atoms with Crippen LogP contribution in [0.25, 0.3) is 11.2 Å². The first-order chi connectivity index (χ1) is 22.6. The molecular weight excluding hydrogens is 641 g/mol. The molecule has 5 unspecified atom stereocenters. The number of carbonyl (C=O) groups excluding carboxylic acids is 1. The number of carbonyl (C=O) groups is 1. The van der Waals surface area contributed by atoms with Gasteiger partial charge in [-0.15, -0.1) is 0 Å². The monoisotopic (exact) mass is 687 g/mol. The second-order valence-corrected chi connectivity index (χ2v) is 12.6. The molecule has 256 valence electrons. The minimum absolute atomic E-state index is 0.141. The van der Waals surface area contributed by atoms with Crippen LogP contribution in [0.15, 0.2) is 72.9 Å². The summed E-state index contributed by atoms with van der Waals surface area (Å²) in [5.41, 5.74) is 3.34. The Hall–Kier alpha value is -3.38. The summed E-state index contributed by atoms with van der Waals surface area (Å²) in [7, 11) is -0.0603. The first-order valence-electron chi connectivity index (χ1n) is 15.6. The fourth-order valence-electron chi connectivity index (χ4n) is 4.63. The van der Waals surface area contributed by atoms with E-state index in [1.54, 1.807) is 50.6 Å². The van der Waals surface area contributed by atoms with Crippen LogP contribution >= 0.6 is 20.1 Å². The number of benzene rings is 1. The molecule has 0 amide bonds. The molecule has 1 aliphatic rings. The molecule has 3 N–H and O–H groups in total. The van der Waals surface area contributed by atoms with E-state index in [2.05, 4.69) is 33.5 Å². The van der Waals surface area contributed by atoms with Crippen LogP contribution in [0.1, 0.15) is 60.6 Å². The number of esters is 1. The zero-order valence-corrected chi connectivity index (χ0v) is 29.9. The van der Waals surface area contributed by atoms with Crippen LogP contribution in [0.3, 0.4) is 0 Å². The highest BCUT2D eigenvalue weighted by Crippen LogP contribution is 2.41. The van der Waals surface area contributed by atoms with E-state index in [4.69, 9.17) is 36.0 Å². The molecule has 0 aliphatic carbocycles. The number of aromatic nitrogens is 4. The van der Waals surface area contributed by atoms with E-state index in [9.17, 15) is 4.79 Å². The van der Waals surface area contributed by atoms with Gasteiger partial charge < -0.3 is 18.5 Å². The van der Waals surface area contributed by atoms with Crippen molar-refractivity contribution >= 4 is 43.1 Å². The lowest BCUT2D eigenvalue weighted by Gasteiger charge is -2.23. The Morgan fingerprint density at radius 2 is 1.98 bits per heavy atom. The summed E-state index contributed by atoms with van der Waals surface area (Å²) in [6.07, 6.45) is 9.72. The number of allylic oxidation sites excluding steroid dienone is 4. The van der Waals surface area contributed by atoms with Crippen molar-refractivity contribution in [1.82, 2.24) is 24.6 Å². The summed E-state index contributed by atoms with van der Waals surface area (Å²) in [5.74, 6) is 6.72. The molecule has 1 aliphatic heterocycles. The van der Waals surface area contributed by atoms with E-state index >= 15 is 0 Å². The number of nitrogens with one attached hydrogen (secondary N) is 1. The quantitative estimate of drug-likeness (QED) is 0.0424. The van der Waals surface area contributed by atoms with E-state index in [-0.39, 0.29) is 31.5 Å². The van der Waals surface area contributed by atoms with E-state index in [0.717, 1.165) is 24.0 Å². The van der Waals surface area contributed by atoms with Gasteiger partial charge in [-0.3, -0.25) is 14.4 Å². The molecule has 5 atom stereocenters. The van der Waals surface area contributed by atoms with Crippen LogP contribution in [0.2, 0.25) is 5.02 Å². The Balaban J connectivity index is 0.00000294. The molecule has 3 aromatic rings. The first-order valence-corrected chi connectivity index (χ1v) is 17.2. The van der Waals surface area contributed by atoms with Crippen molar-refractivity contribution in [3.8, 4) is 5.75 Å². The van der Waals surface area contributed by atoms with Gasteiger partial charge in [0.2, 0.25) is 0 Å². The van der Waals surface area contributed by atoms with Gasteiger partial charge >= 0.3 is 14.5 Å². The maximum Gasteiger partial charge on any atom is 0.323 e. The number of nitrogens with zero attached hydrogens (tertiary/aromatic N) is 5. The number of anilines is 1. The lowest BCUT2D eigenvalue weighted by atomic mass is 10.1.